The highest BCUT2D eigenvalue weighted by molar-refractivity contribution is 5.96. The molecule has 0 aliphatic carbocycles. The van der Waals surface area contributed by atoms with E-state index in [1.807, 2.05) is 0 Å². The minimum Gasteiger partial charge on any atom is -0.452 e. The summed E-state index contributed by atoms with van der Waals surface area (Å²) >= 11 is 0. The van der Waals surface area contributed by atoms with Gasteiger partial charge in [-0.2, -0.15) is 0 Å². The summed E-state index contributed by atoms with van der Waals surface area (Å²) in [5.74, 6) is 0.750. The number of amides is 1. The van der Waals surface area contributed by atoms with E-state index in [2.05, 4.69) is 16.8 Å². The second kappa shape index (κ2) is 7.64. The van der Waals surface area contributed by atoms with Gasteiger partial charge in [-0.1, -0.05) is 6.92 Å². The van der Waals surface area contributed by atoms with E-state index >= 15 is 0 Å². The third kappa shape index (κ3) is 3.86. The van der Waals surface area contributed by atoms with Crippen molar-refractivity contribution in [2.45, 2.75) is 32.6 Å². The molecular formula is C18H25N3O3. The molecule has 2 fully saturated rings. The molecule has 0 radical (unpaired) electrons. The monoisotopic (exact) mass is 331 g/mol. The van der Waals surface area contributed by atoms with Crippen molar-refractivity contribution in [3.05, 3.63) is 23.9 Å². The first-order valence-electron chi connectivity index (χ1n) is 8.80. The summed E-state index contributed by atoms with van der Waals surface area (Å²) in [4.78, 5) is 32.8. The Morgan fingerprint density at radius 3 is 2.62 bits per heavy atom. The molecule has 6 heteroatoms. The van der Waals surface area contributed by atoms with Crippen LogP contribution in [0.5, 0.6) is 0 Å². The fourth-order valence-electron chi connectivity index (χ4n) is 3.29. The Labute approximate surface area is 142 Å². The van der Waals surface area contributed by atoms with E-state index < -0.39 is 5.97 Å². The van der Waals surface area contributed by atoms with Crippen molar-refractivity contribution in [2.24, 2.45) is 5.92 Å². The lowest BCUT2D eigenvalue weighted by Crippen LogP contribution is -2.40. The maximum atomic E-state index is 12.4. The number of piperidine rings is 1. The van der Waals surface area contributed by atoms with Gasteiger partial charge in [0.25, 0.3) is 5.91 Å². The lowest BCUT2D eigenvalue weighted by atomic mass is 9.99. The van der Waals surface area contributed by atoms with E-state index in [4.69, 9.17) is 4.74 Å². The Kier molecular flexibility index (Phi) is 5.33. The van der Waals surface area contributed by atoms with Crippen molar-refractivity contribution in [2.75, 3.05) is 37.7 Å². The van der Waals surface area contributed by atoms with Crippen LogP contribution >= 0.6 is 0 Å². The van der Waals surface area contributed by atoms with Crippen LogP contribution in [0.4, 0.5) is 5.82 Å². The molecule has 0 unspecified atom stereocenters. The number of rotatable bonds is 4. The molecule has 24 heavy (non-hydrogen) atoms. The number of nitrogens with zero attached hydrogens (tertiary/aromatic N) is 3. The average Bonchev–Trinajstić information content (AvgIpc) is 3.14. The first-order valence-corrected chi connectivity index (χ1v) is 8.80. The molecule has 0 aromatic carbocycles. The van der Waals surface area contributed by atoms with E-state index in [0.29, 0.717) is 17.3 Å². The van der Waals surface area contributed by atoms with Gasteiger partial charge in [0.1, 0.15) is 11.4 Å². The van der Waals surface area contributed by atoms with E-state index in [1.165, 1.54) is 0 Å². The number of carbonyl (C=O) groups excluding carboxylic acids is 2. The van der Waals surface area contributed by atoms with Crippen LogP contribution in [0.3, 0.4) is 0 Å². The zero-order chi connectivity index (χ0) is 16.9. The number of ether oxygens (including phenoxy) is 1. The Hall–Kier alpha value is -2.11. The van der Waals surface area contributed by atoms with Gasteiger partial charge in [0.2, 0.25) is 0 Å². The number of pyridine rings is 1. The van der Waals surface area contributed by atoms with Crippen LogP contribution in [-0.4, -0.2) is 54.5 Å². The number of aromatic nitrogens is 1. The third-order valence-corrected chi connectivity index (χ3v) is 4.88. The van der Waals surface area contributed by atoms with E-state index in [-0.39, 0.29) is 12.5 Å². The lowest BCUT2D eigenvalue weighted by molar-refractivity contribution is -0.135. The van der Waals surface area contributed by atoms with Crippen LogP contribution in [0.2, 0.25) is 0 Å². The normalized spacial score (nSPS) is 18.7. The number of esters is 1. The summed E-state index contributed by atoms with van der Waals surface area (Å²) < 4.78 is 5.27. The molecule has 2 saturated heterocycles. The van der Waals surface area contributed by atoms with Crippen molar-refractivity contribution in [1.82, 2.24) is 9.88 Å². The number of hydrogen-bond donors (Lipinski definition) is 0. The minimum atomic E-state index is -0.469. The molecule has 3 heterocycles. The smallest absolute Gasteiger partial charge is 0.342 e. The van der Waals surface area contributed by atoms with Gasteiger partial charge in [-0.3, -0.25) is 4.79 Å². The van der Waals surface area contributed by atoms with Crippen molar-refractivity contribution >= 4 is 17.7 Å². The van der Waals surface area contributed by atoms with Crippen LogP contribution in [0.1, 0.15) is 43.0 Å². The van der Waals surface area contributed by atoms with Gasteiger partial charge in [-0.25, -0.2) is 9.78 Å². The molecule has 0 atom stereocenters. The Balaban J connectivity index is 1.58. The second-order valence-corrected chi connectivity index (χ2v) is 6.71. The molecule has 130 valence electrons. The Morgan fingerprint density at radius 2 is 1.92 bits per heavy atom. The topological polar surface area (TPSA) is 62.7 Å². The van der Waals surface area contributed by atoms with Crippen molar-refractivity contribution < 1.29 is 14.3 Å². The van der Waals surface area contributed by atoms with Crippen molar-refractivity contribution in [3.63, 3.8) is 0 Å². The van der Waals surface area contributed by atoms with Crippen LogP contribution in [-0.2, 0) is 9.53 Å². The fraction of sp³-hybridized carbons (Fsp3) is 0.611. The molecular weight excluding hydrogens is 306 g/mol. The maximum Gasteiger partial charge on any atom is 0.342 e. The van der Waals surface area contributed by atoms with E-state index in [1.54, 1.807) is 23.2 Å². The van der Waals surface area contributed by atoms with Crippen molar-refractivity contribution in [1.29, 1.82) is 0 Å². The quantitative estimate of drug-likeness (QED) is 0.791. The zero-order valence-corrected chi connectivity index (χ0v) is 14.2. The van der Waals surface area contributed by atoms with Crippen LogP contribution in [0.25, 0.3) is 0 Å². The van der Waals surface area contributed by atoms with Gasteiger partial charge in [-0.05, 0) is 43.7 Å². The molecule has 6 nitrogen and oxygen atoms in total. The fourth-order valence-corrected chi connectivity index (χ4v) is 3.29. The van der Waals surface area contributed by atoms with Crippen LogP contribution in [0.15, 0.2) is 18.3 Å². The molecule has 0 saturated carbocycles. The second-order valence-electron chi connectivity index (χ2n) is 6.71. The molecule has 2 aliphatic heterocycles. The molecule has 0 bridgehead atoms. The third-order valence-electron chi connectivity index (χ3n) is 4.88. The predicted molar refractivity (Wildman–Crippen MR) is 90.9 cm³/mol. The number of anilines is 1. The highest BCUT2D eigenvalue weighted by Crippen LogP contribution is 2.22. The van der Waals surface area contributed by atoms with E-state index in [9.17, 15) is 9.59 Å². The molecule has 2 aliphatic rings. The standard InChI is InChI=1S/C18H25N3O3/c1-14-6-11-20(12-7-14)16(22)13-24-18(23)15-5-4-8-19-17(15)21-9-2-3-10-21/h4-5,8,14H,2-3,6-7,9-13H2,1H3. The maximum absolute atomic E-state index is 12.4. The largest absolute Gasteiger partial charge is 0.452 e. The van der Waals surface area contributed by atoms with Crippen LogP contribution < -0.4 is 4.90 Å². The SMILES string of the molecule is CC1CCN(C(=O)COC(=O)c2cccnc2N2CCCC2)CC1. The van der Waals surface area contributed by atoms with E-state index in [0.717, 1.165) is 51.9 Å². The molecule has 1 aromatic rings. The average molecular weight is 331 g/mol. The molecule has 0 N–H and O–H groups in total. The zero-order valence-electron chi connectivity index (χ0n) is 14.2. The summed E-state index contributed by atoms with van der Waals surface area (Å²) in [6.07, 6.45) is 5.93. The lowest BCUT2D eigenvalue weighted by Gasteiger charge is -2.30. The summed E-state index contributed by atoms with van der Waals surface area (Å²) in [6, 6.07) is 3.44. The summed E-state index contributed by atoms with van der Waals surface area (Å²) in [5, 5.41) is 0. The Bertz CT molecular complexity index is 591. The number of hydrogen-bond acceptors (Lipinski definition) is 5. The summed E-state index contributed by atoms with van der Waals surface area (Å²) in [7, 11) is 0. The van der Waals surface area contributed by atoms with Gasteiger partial charge in [0.15, 0.2) is 6.61 Å². The van der Waals surface area contributed by atoms with Gasteiger partial charge < -0.3 is 14.5 Å². The number of carbonyl (C=O) groups is 2. The molecule has 0 spiro atoms. The highest BCUT2D eigenvalue weighted by atomic mass is 16.5. The minimum absolute atomic E-state index is 0.109. The van der Waals surface area contributed by atoms with Crippen molar-refractivity contribution in [3.8, 4) is 0 Å². The number of likely N-dealkylation sites (tertiary alicyclic amines) is 1. The first kappa shape index (κ1) is 16.7. The molecule has 3 rings (SSSR count). The van der Waals surface area contributed by atoms with Gasteiger partial charge in [-0.15, -0.1) is 0 Å². The molecule has 1 aromatic heterocycles. The predicted octanol–water partition coefficient (Wildman–Crippen LogP) is 2.10. The Morgan fingerprint density at radius 1 is 1.21 bits per heavy atom. The van der Waals surface area contributed by atoms with Gasteiger partial charge >= 0.3 is 5.97 Å². The molecule has 1 amide bonds. The van der Waals surface area contributed by atoms with Crippen LogP contribution in [0, 0.1) is 5.92 Å². The van der Waals surface area contributed by atoms with Gasteiger partial charge in [0.05, 0.1) is 0 Å². The highest BCUT2D eigenvalue weighted by Gasteiger charge is 2.24. The first-order chi connectivity index (χ1) is 11.6. The summed E-state index contributed by atoms with van der Waals surface area (Å²) in [6.45, 7) is 5.32. The summed E-state index contributed by atoms with van der Waals surface area (Å²) in [5.41, 5.74) is 0.444. The van der Waals surface area contributed by atoms with Gasteiger partial charge in [0, 0.05) is 32.4 Å².